The Morgan fingerprint density at radius 2 is 1.80 bits per heavy atom. The molecule has 3 aromatic carbocycles. The van der Waals surface area contributed by atoms with Crippen LogP contribution in [0.15, 0.2) is 60.7 Å². The van der Waals surface area contributed by atoms with Gasteiger partial charge in [0.15, 0.2) is 0 Å². The van der Waals surface area contributed by atoms with Crippen molar-refractivity contribution in [3.05, 3.63) is 83.0 Å². The fraction of sp³-hybridized carbons (Fsp3) is 0.281. The van der Waals surface area contributed by atoms with Crippen molar-refractivity contribution in [2.75, 3.05) is 43.5 Å². The third-order valence-corrected chi connectivity index (χ3v) is 8.39. The van der Waals surface area contributed by atoms with Gasteiger partial charge in [-0.05, 0) is 65.6 Å². The number of anilines is 2. The van der Waals surface area contributed by atoms with Gasteiger partial charge in [-0.3, -0.25) is 9.89 Å². The van der Waals surface area contributed by atoms with Crippen LogP contribution in [0.25, 0.3) is 23.1 Å². The molecule has 0 radical (unpaired) electrons. The van der Waals surface area contributed by atoms with Gasteiger partial charge in [0, 0.05) is 48.9 Å². The molecule has 228 valence electrons. The van der Waals surface area contributed by atoms with E-state index in [1.807, 2.05) is 18.2 Å². The van der Waals surface area contributed by atoms with E-state index in [0.29, 0.717) is 0 Å². The lowest BCUT2D eigenvalue weighted by Crippen LogP contribution is -2.43. The highest BCUT2D eigenvalue weighted by atomic mass is 19.4. The van der Waals surface area contributed by atoms with Gasteiger partial charge in [-0.1, -0.05) is 30.3 Å². The highest BCUT2D eigenvalue weighted by Gasteiger charge is 2.65. The Morgan fingerprint density at radius 1 is 1.07 bits per heavy atom. The first-order valence-corrected chi connectivity index (χ1v) is 14.1. The maximum atomic E-state index is 13.0. The molecule has 12 heteroatoms. The van der Waals surface area contributed by atoms with E-state index in [9.17, 15) is 18.0 Å². The number of carbonyl (C=O) groups excluding carboxylic acids is 1. The van der Waals surface area contributed by atoms with Gasteiger partial charge in [0.25, 0.3) is 0 Å². The number of hydrogen-bond acceptors (Lipinski definition) is 6. The molecule has 1 saturated carbocycles. The quantitative estimate of drug-likeness (QED) is 0.248. The summed E-state index contributed by atoms with van der Waals surface area (Å²) in [6.45, 7) is 4.16. The average Bonchev–Trinajstić information content (AvgIpc) is 3.57. The molecular weight excluding hydrogens is 575 g/mol. The molecule has 0 bridgehead atoms. The fourth-order valence-electron chi connectivity index (χ4n) is 6.00. The summed E-state index contributed by atoms with van der Waals surface area (Å²) >= 11 is 0. The topological polar surface area (TPSA) is 120 Å². The first-order valence-electron chi connectivity index (χ1n) is 14.1. The van der Waals surface area contributed by atoms with Crippen LogP contribution in [0.3, 0.4) is 0 Å². The van der Waals surface area contributed by atoms with Gasteiger partial charge in [0.2, 0.25) is 5.91 Å². The van der Waals surface area contributed by atoms with E-state index in [4.69, 9.17) is 14.6 Å². The highest BCUT2D eigenvalue weighted by molar-refractivity contribution is 6.10. The minimum atomic E-state index is -5.08. The number of nitrogens with zero attached hydrogens (tertiary/aromatic N) is 2. The fourth-order valence-corrected chi connectivity index (χ4v) is 6.00. The van der Waals surface area contributed by atoms with Crippen LogP contribution in [0.2, 0.25) is 0 Å². The summed E-state index contributed by atoms with van der Waals surface area (Å²) < 4.78 is 37.2. The Kier molecular flexibility index (Phi) is 7.54. The monoisotopic (exact) mass is 605 g/mol. The number of halogens is 3. The van der Waals surface area contributed by atoms with E-state index in [0.717, 1.165) is 77.3 Å². The number of amides is 1. The van der Waals surface area contributed by atoms with Gasteiger partial charge in [0.1, 0.15) is 5.75 Å². The Balaban J connectivity index is 0.000000441. The number of rotatable bonds is 5. The molecular formula is C32H30F3N5O4. The van der Waals surface area contributed by atoms with Crippen LogP contribution >= 0.6 is 0 Å². The largest absolute Gasteiger partial charge is 0.497 e. The summed E-state index contributed by atoms with van der Waals surface area (Å²) in [4.78, 5) is 24.3. The zero-order chi connectivity index (χ0) is 31.1. The van der Waals surface area contributed by atoms with Gasteiger partial charge >= 0.3 is 12.1 Å². The number of H-pyrrole nitrogens is 1. The predicted octanol–water partition coefficient (Wildman–Crippen LogP) is 5.16. The minimum absolute atomic E-state index is 0.0806. The molecule has 1 amide bonds. The molecule has 4 aromatic rings. The van der Waals surface area contributed by atoms with Crippen LogP contribution in [0.5, 0.6) is 5.75 Å². The molecule has 7 rings (SSSR count). The van der Waals surface area contributed by atoms with Gasteiger partial charge in [-0.25, -0.2) is 4.79 Å². The van der Waals surface area contributed by atoms with Crippen molar-refractivity contribution in [3.63, 3.8) is 0 Å². The van der Waals surface area contributed by atoms with Crippen molar-refractivity contribution in [1.29, 1.82) is 0 Å². The Bertz CT molecular complexity index is 1750. The van der Waals surface area contributed by atoms with Crippen molar-refractivity contribution < 1.29 is 32.6 Å². The van der Waals surface area contributed by atoms with E-state index in [1.165, 1.54) is 5.69 Å². The number of nitrogens with one attached hydrogen (secondary N) is 3. The van der Waals surface area contributed by atoms with Crippen molar-refractivity contribution >= 4 is 46.3 Å². The smallest absolute Gasteiger partial charge is 0.490 e. The number of carboxylic acid groups (broad SMARTS) is 1. The molecule has 3 heterocycles. The molecule has 2 atom stereocenters. The highest BCUT2D eigenvalue weighted by Crippen LogP contribution is 2.65. The number of aromatic nitrogens is 2. The summed E-state index contributed by atoms with van der Waals surface area (Å²) in [6, 6.07) is 20.9. The third kappa shape index (κ3) is 5.48. The lowest BCUT2D eigenvalue weighted by Gasteiger charge is -2.29. The SMILES string of the molecule is COc1ccc2c(c1)C1(CC1c1ccc3c(/C=C/c4ccc(N5CCNCC5)cc4)n[nH]c3c1)C(=O)N2.O=C(O)C(F)(F)F. The average molecular weight is 606 g/mol. The number of alkyl halides is 3. The number of carboxylic acids is 1. The van der Waals surface area contributed by atoms with Crippen LogP contribution in [0, 0.1) is 0 Å². The Labute approximate surface area is 250 Å². The van der Waals surface area contributed by atoms with Crippen LogP contribution < -0.4 is 20.3 Å². The van der Waals surface area contributed by atoms with Crippen molar-refractivity contribution in [2.45, 2.75) is 23.9 Å². The molecule has 2 fully saturated rings. The van der Waals surface area contributed by atoms with Crippen molar-refractivity contribution in [3.8, 4) is 5.75 Å². The molecule has 2 unspecified atom stereocenters. The van der Waals surface area contributed by atoms with E-state index in [2.05, 4.69) is 80.3 Å². The Morgan fingerprint density at radius 3 is 2.48 bits per heavy atom. The van der Waals surface area contributed by atoms with E-state index in [-0.39, 0.29) is 11.8 Å². The second-order valence-electron chi connectivity index (χ2n) is 11.0. The number of benzene rings is 3. The van der Waals surface area contributed by atoms with Gasteiger partial charge in [-0.15, -0.1) is 0 Å². The molecule has 44 heavy (non-hydrogen) atoms. The standard InChI is InChI=1S/C30H29N5O2.C2HF3O2/c1-37-22-8-11-27-24(17-22)30(29(36)32-27)18-25(30)20-5-9-23-26(33-34-28(23)16-20)10-4-19-2-6-21(7-3-19)35-14-12-31-13-15-35;3-2(4,5)1(6)7/h2-11,16-17,25,31H,12-15,18H2,1H3,(H,32,36)(H,33,34);(H,6,7)/b10-4+;. The number of aromatic amines is 1. The summed E-state index contributed by atoms with van der Waals surface area (Å²) in [5, 5.41) is 22.4. The van der Waals surface area contributed by atoms with Crippen molar-refractivity contribution in [2.24, 2.45) is 0 Å². The van der Waals surface area contributed by atoms with E-state index in [1.54, 1.807) is 7.11 Å². The number of aliphatic carboxylic acids is 1. The molecule has 1 aromatic heterocycles. The predicted molar refractivity (Wildman–Crippen MR) is 161 cm³/mol. The molecule has 1 saturated heterocycles. The van der Waals surface area contributed by atoms with Crippen molar-refractivity contribution in [1.82, 2.24) is 15.5 Å². The number of ether oxygens (including phenoxy) is 1. The van der Waals surface area contributed by atoms with Gasteiger partial charge < -0.3 is 25.4 Å². The molecule has 2 aliphatic heterocycles. The van der Waals surface area contributed by atoms with Crippen LogP contribution in [0.4, 0.5) is 24.5 Å². The summed E-state index contributed by atoms with van der Waals surface area (Å²) in [6.07, 6.45) is -0.118. The molecule has 9 nitrogen and oxygen atoms in total. The maximum absolute atomic E-state index is 13.0. The zero-order valence-corrected chi connectivity index (χ0v) is 23.7. The molecule has 1 aliphatic carbocycles. The second kappa shape index (κ2) is 11.3. The van der Waals surface area contributed by atoms with Gasteiger partial charge in [0.05, 0.1) is 23.7 Å². The number of carbonyl (C=O) groups is 2. The van der Waals surface area contributed by atoms with E-state index < -0.39 is 17.6 Å². The Hall–Kier alpha value is -4.84. The molecule has 4 N–H and O–H groups in total. The van der Waals surface area contributed by atoms with Gasteiger partial charge in [-0.2, -0.15) is 18.3 Å². The van der Waals surface area contributed by atoms with Crippen LogP contribution in [0.1, 0.15) is 34.7 Å². The first kappa shape index (κ1) is 29.2. The number of piperazine rings is 1. The lowest BCUT2D eigenvalue weighted by molar-refractivity contribution is -0.192. The maximum Gasteiger partial charge on any atom is 0.490 e. The third-order valence-electron chi connectivity index (χ3n) is 8.39. The van der Waals surface area contributed by atoms with Crippen LogP contribution in [-0.4, -0.2) is 66.6 Å². The molecule has 1 spiro atoms. The zero-order valence-electron chi connectivity index (χ0n) is 23.7. The minimum Gasteiger partial charge on any atom is -0.497 e. The molecule has 3 aliphatic rings. The number of fused-ring (bicyclic) bond motifs is 3. The summed E-state index contributed by atoms with van der Waals surface area (Å²) in [5.41, 5.74) is 6.89. The first-order chi connectivity index (χ1) is 21.1. The summed E-state index contributed by atoms with van der Waals surface area (Å²) in [5.74, 6) is -1.76. The summed E-state index contributed by atoms with van der Waals surface area (Å²) in [7, 11) is 1.66. The van der Waals surface area contributed by atoms with Crippen LogP contribution in [-0.2, 0) is 15.0 Å². The number of hydrogen-bond donors (Lipinski definition) is 4. The second-order valence-corrected chi connectivity index (χ2v) is 11.0. The number of methoxy groups -OCH3 is 1. The van der Waals surface area contributed by atoms with E-state index >= 15 is 0 Å². The normalized spacial score (nSPS) is 20.8. The lowest BCUT2D eigenvalue weighted by atomic mass is 9.91.